The predicted octanol–water partition coefficient (Wildman–Crippen LogP) is 4.41. The van der Waals surface area contributed by atoms with Gasteiger partial charge in [-0.2, -0.15) is 0 Å². The molecule has 3 aromatic rings. The molecule has 1 heterocycles. The molecule has 0 spiro atoms. The molecule has 1 aliphatic rings. The van der Waals surface area contributed by atoms with E-state index in [-0.39, 0.29) is 30.6 Å². The number of rotatable bonds is 7. The monoisotopic (exact) mass is 517 g/mol. The van der Waals surface area contributed by atoms with Crippen LogP contribution in [0.4, 0.5) is 4.39 Å². The van der Waals surface area contributed by atoms with Gasteiger partial charge in [-0.25, -0.2) is 4.39 Å². The van der Waals surface area contributed by atoms with Gasteiger partial charge in [0.05, 0.1) is 19.6 Å². The van der Waals surface area contributed by atoms with E-state index in [1.165, 1.54) is 12.1 Å². The third kappa shape index (κ3) is 8.99. The molecule has 0 bridgehead atoms. The lowest BCUT2D eigenvalue weighted by Crippen LogP contribution is -2.37. The summed E-state index contributed by atoms with van der Waals surface area (Å²) in [5.74, 6) is 0.470. The Labute approximate surface area is 224 Å². The van der Waals surface area contributed by atoms with Crippen molar-refractivity contribution in [2.24, 2.45) is 0 Å². The molecular formula is C31H36FN3O3. The first-order valence-corrected chi connectivity index (χ1v) is 13.3. The zero-order chi connectivity index (χ0) is 26.6. The third-order valence-electron chi connectivity index (χ3n) is 6.55. The zero-order valence-corrected chi connectivity index (χ0v) is 21.8. The van der Waals surface area contributed by atoms with Crippen LogP contribution in [-0.4, -0.2) is 43.0 Å². The fraction of sp³-hybridized carbons (Fsp3) is 0.355. The molecule has 0 aromatic heterocycles. The lowest BCUT2D eigenvalue weighted by molar-refractivity contribution is -0.122. The van der Waals surface area contributed by atoms with Gasteiger partial charge in [0.1, 0.15) is 11.6 Å². The molecule has 7 heteroatoms. The van der Waals surface area contributed by atoms with Crippen LogP contribution < -0.4 is 15.4 Å². The number of ether oxygens (including phenoxy) is 1. The second-order valence-corrected chi connectivity index (χ2v) is 9.74. The van der Waals surface area contributed by atoms with Gasteiger partial charge in [0.2, 0.25) is 11.8 Å². The SMILES string of the molecule is O=C(Cc1ccc2c(c1)CN(Cc1ccccc1)CC(=O)NCCCCCO2)NCCc1ccc(F)cc1. The first-order chi connectivity index (χ1) is 18.5. The van der Waals surface area contributed by atoms with E-state index in [9.17, 15) is 14.0 Å². The molecule has 0 saturated heterocycles. The number of amides is 2. The van der Waals surface area contributed by atoms with E-state index in [2.05, 4.69) is 27.7 Å². The second-order valence-electron chi connectivity index (χ2n) is 9.74. The van der Waals surface area contributed by atoms with Gasteiger partial charge in [0.15, 0.2) is 0 Å². The molecule has 0 radical (unpaired) electrons. The highest BCUT2D eigenvalue weighted by Gasteiger charge is 2.17. The summed E-state index contributed by atoms with van der Waals surface area (Å²) in [5, 5.41) is 6.00. The highest BCUT2D eigenvalue weighted by molar-refractivity contribution is 5.79. The molecule has 0 unspecified atom stereocenters. The standard InChI is InChI=1S/C31H36FN3O3/c32-28-12-9-24(10-13-28)15-17-34-30(36)20-26-11-14-29-27(19-26)22-35(21-25-7-3-1-4-8-25)23-31(37)33-16-5-2-6-18-38-29/h1,3-4,7-14,19H,2,5-6,15-18,20-23H2,(H,33,37)(H,34,36). The fourth-order valence-electron chi connectivity index (χ4n) is 4.58. The van der Waals surface area contributed by atoms with Gasteiger partial charge in [-0.05, 0) is 60.6 Å². The lowest BCUT2D eigenvalue weighted by Gasteiger charge is -2.23. The molecule has 0 saturated carbocycles. The van der Waals surface area contributed by atoms with Crippen LogP contribution in [0, 0.1) is 5.82 Å². The van der Waals surface area contributed by atoms with Gasteiger partial charge in [0.25, 0.3) is 0 Å². The molecule has 2 amide bonds. The molecule has 6 nitrogen and oxygen atoms in total. The van der Waals surface area contributed by atoms with Gasteiger partial charge in [0, 0.05) is 31.7 Å². The predicted molar refractivity (Wildman–Crippen MR) is 146 cm³/mol. The number of halogens is 1. The average molecular weight is 518 g/mol. The van der Waals surface area contributed by atoms with Gasteiger partial charge < -0.3 is 15.4 Å². The van der Waals surface area contributed by atoms with Crippen LogP contribution in [0.1, 0.15) is 41.5 Å². The Morgan fingerprint density at radius 3 is 2.53 bits per heavy atom. The Morgan fingerprint density at radius 1 is 0.921 bits per heavy atom. The van der Waals surface area contributed by atoms with Crippen LogP contribution in [-0.2, 0) is 35.5 Å². The largest absolute Gasteiger partial charge is 0.493 e. The van der Waals surface area contributed by atoms with E-state index in [0.717, 1.165) is 47.3 Å². The number of carbonyl (C=O) groups is 2. The number of hydrogen-bond donors (Lipinski definition) is 2. The molecule has 38 heavy (non-hydrogen) atoms. The van der Waals surface area contributed by atoms with E-state index < -0.39 is 0 Å². The van der Waals surface area contributed by atoms with Crippen molar-refractivity contribution in [1.29, 1.82) is 0 Å². The average Bonchev–Trinajstić information content (AvgIpc) is 2.92. The summed E-state index contributed by atoms with van der Waals surface area (Å²) < 4.78 is 19.2. The Morgan fingerprint density at radius 2 is 1.71 bits per heavy atom. The van der Waals surface area contributed by atoms with Crippen molar-refractivity contribution in [3.63, 3.8) is 0 Å². The molecule has 3 aromatic carbocycles. The first-order valence-electron chi connectivity index (χ1n) is 13.3. The number of nitrogens with one attached hydrogen (secondary N) is 2. The number of fused-ring (bicyclic) bond motifs is 1. The van der Waals surface area contributed by atoms with Crippen molar-refractivity contribution in [3.8, 4) is 5.75 Å². The van der Waals surface area contributed by atoms with E-state index in [1.807, 2.05) is 36.4 Å². The van der Waals surface area contributed by atoms with Crippen LogP contribution in [0.2, 0.25) is 0 Å². The van der Waals surface area contributed by atoms with Gasteiger partial charge in [-0.15, -0.1) is 0 Å². The maximum Gasteiger partial charge on any atom is 0.234 e. The van der Waals surface area contributed by atoms with Crippen LogP contribution in [0.25, 0.3) is 0 Å². The van der Waals surface area contributed by atoms with Crippen molar-refractivity contribution in [2.75, 3.05) is 26.2 Å². The van der Waals surface area contributed by atoms with Crippen LogP contribution >= 0.6 is 0 Å². The van der Waals surface area contributed by atoms with Gasteiger partial charge >= 0.3 is 0 Å². The third-order valence-corrected chi connectivity index (χ3v) is 6.55. The maximum atomic E-state index is 13.1. The van der Waals surface area contributed by atoms with Crippen molar-refractivity contribution in [1.82, 2.24) is 15.5 Å². The molecule has 200 valence electrons. The topological polar surface area (TPSA) is 70.7 Å². The molecule has 0 aliphatic carbocycles. The Kier molecular flexibility index (Phi) is 10.3. The molecule has 2 N–H and O–H groups in total. The summed E-state index contributed by atoms with van der Waals surface area (Å²) in [6.45, 7) is 3.20. The lowest BCUT2D eigenvalue weighted by atomic mass is 10.1. The second kappa shape index (κ2) is 14.3. The van der Waals surface area contributed by atoms with E-state index in [4.69, 9.17) is 4.74 Å². The van der Waals surface area contributed by atoms with Gasteiger partial charge in [-0.1, -0.05) is 54.6 Å². The van der Waals surface area contributed by atoms with Crippen molar-refractivity contribution in [2.45, 2.75) is 45.2 Å². The summed E-state index contributed by atoms with van der Waals surface area (Å²) in [7, 11) is 0. The smallest absolute Gasteiger partial charge is 0.234 e. The molecule has 0 atom stereocenters. The van der Waals surface area contributed by atoms with Crippen LogP contribution in [0.15, 0.2) is 72.8 Å². The molecule has 4 rings (SSSR count). The Bertz CT molecular complexity index is 1180. The van der Waals surface area contributed by atoms with Crippen molar-refractivity contribution in [3.05, 3.63) is 101 Å². The highest BCUT2D eigenvalue weighted by Crippen LogP contribution is 2.24. The number of carbonyl (C=O) groups excluding carboxylic acids is 2. The first kappa shape index (κ1) is 27.3. The minimum atomic E-state index is -0.267. The highest BCUT2D eigenvalue weighted by atomic mass is 19.1. The fourth-order valence-corrected chi connectivity index (χ4v) is 4.58. The molecular weight excluding hydrogens is 481 g/mol. The Hall–Kier alpha value is -3.71. The maximum absolute atomic E-state index is 13.1. The summed E-state index contributed by atoms with van der Waals surface area (Å²) in [4.78, 5) is 27.4. The minimum absolute atomic E-state index is 0.0133. The normalized spacial score (nSPS) is 15.1. The van der Waals surface area contributed by atoms with Gasteiger partial charge in [-0.3, -0.25) is 14.5 Å². The van der Waals surface area contributed by atoms with Crippen molar-refractivity contribution < 1.29 is 18.7 Å². The number of nitrogens with zero attached hydrogens (tertiary/aromatic N) is 1. The van der Waals surface area contributed by atoms with E-state index >= 15 is 0 Å². The molecule has 1 aliphatic heterocycles. The summed E-state index contributed by atoms with van der Waals surface area (Å²) in [6, 6.07) is 22.3. The summed E-state index contributed by atoms with van der Waals surface area (Å²) in [5.41, 5.74) is 3.95. The van der Waals surface area contributed by atoms with E-state index in [0.29, 0.717) is 39.2 Å². The summed E-state index contributed by atoms with van der Waals surface area (Å²) >= 11 is 0. The van der Waals surface area contributed by atoms with Crippen LogP contribution in [0.5, 0.6) is 5.75 Å². The summed E-state index contributed by atoms with van der Waals surface area (Å²) in [6.07, 6.45) is 3.72. The molecule has 0 fully saturated rings. The Balaban J connectivity index is 1.45. The van der Waals surface area contributed by atoms with Crippen molar-refractivity contribution >= 4 is 11.8 Å². The number of benzene rings is 3. The minimum Gasteiger partial charge on any atom is -0.493 e. The van der Waals surface area contributed by atoms with E-state index in [1.54, 1.807) is 12.1 Å². The van der Waals surface area contributed by atoms with Crippen LogP contribution in [0.3, 0.4) is 0 Å². The quantitative estimate of drug-likeness (QED) is 0.487. The number of hydrogen-bond acceptors (Lipinski definition) is 4. The zero-order valence-electron chi connectivity index (χ0n) is 21.8.